The number of rotatable bonds is 5. The molecule has 94 valence electrons. The van der Waals surface area contributed by atoms with Gasteiger partial charge in [0.2, 0.25) is 5.91 Å². The summed E-state index contributed by atoms with van der Waals surface area (Å²) < 4.78 is 0. The highest BCUT2D eigenvalue weighted by atomic mass is 16.2. The second-order valence-electron chi connectivity index (χ2n) is 4.01. The minimum atomic E-state index is 0.0245. The van der Waals surface area contributed by atoms with E-state index in [0.29, 0.717) is 11.5 Å². The number of carbonyl (C=O) groups is 1. The Bertz CT molecular complexity index is 380. The van der Waals surface area contributed by atoms with Gasteiger partial charge in [-0.25, -0.2) is 9.97 Å². The Morgan fingerprint density at radius 2 is 2.18 bits per heavy atom. The summed E-state index contributed by atoms with van der Waals surface area (Å²) in [6.45, 7) is 3.06. The van der Waals surface area contributed by atoms with Crippen molar-refractivity contribution in [3.8, 4) is 0 Å². The van der Waals surface area contributed by atoms with Crippen LogP contribution in [0, 0.1) is 0 Å². The smallest absolute Gasteiger partial charge is 0.241 e. The van der Waals surface area contributed by atoms with Crippen molar-refractivity contribution in [3.05, 3.63) is 12.5 Å². The molecule has 0 saturated heterocycles. The van der Waals surface area contributed by atoms with Gasteiger partial charge in [-0.1, -0.05) is 6.92 Å². The molecule has 1 heterocycles. The molecule has 0 aliphatic rings. The Kier molecular flexibility index (Phi) is 4.68. The number of nitrogens with two attached hydrogens (primary N) is 1. The second kappa shape index (κ2) is 6.03. The normalized spacial score (nSPS) is 10.1. The number of likely N-dealkylation sites (N-methyl/N-ethyl adjacent to an activating group) is 1. The van der Waals surface area contributed by atoms with Crippen LogP contribution < -0.4 is 10.6 Å². The predicted octanol–water partition coefficient (Wildman–Crippen LogP) is 0.363. The van der Waals surface area contributed by atoms with E-state index in [1.807, 2.05) is 11.8 Å². The quantitative estimate of drug-likeness (QED) is 0.800. The van der Waals surface area contributed by atoms with Crippen molar-refractivity contribution in [1.82, 2.24) is 14.9 Å². The van der Waals surface area contributed by atoms with E-state index >= 15 is 0 Å². The van der Waals surface area contributed by atoms with E-state index in [4.69, 9.17) is 5.73 Å². The van der Waals surface area contributed by atoms with E-state index in [1.165, 1.54) is 6.33 Å². The largest absolute Gasteiger partial charge is 0.394 e. The molecule has 0 bridgehead atoms. The minimum Gasteiger partial charge on any atom is -0.394 e. The molecule has 1 aromatic heterocycles. The van der Waals surface area contributed by atoms with Gasteiger partial charge in [-0.15, -0.1) is 0 Å². The molecular weight excluding hydrogens is 218 g/mol. The van der Waals surface area contributed by atoms with Gasteiger partial charge in [-0.2, -0.15) is 0 Å². The van der Waals surface area contributed by atoms with Gasteiger partial charge in [0.05, 0.1) is 18.4 Å². The Balaban J connectivity index is 2.86. The third kappa shape index (κ3) is 3.58. The van der Waals surface area contributed by atoms with Gasteiger partial charge in [0, 0.05) is 20.6 Å². The summed E-state index contributed by atoms with van der Waals surface area (Å²) in [4.78, 5) is 23.1. The number of carbonyl (C=O) groups excluding carboxylic acids is 1. The Hall–Kier alpha value is -1.85. The van der Waals surface area contributed by atoms with Crippen LogP contribution in [0.2, 0.25) is 0 Å². The zero-order valence-electron chi connectivity index (χ0n) is 10.6. The molecule has 0 aliphatic heterocycles. The van der Waals surface area contributed by atoms with Crippen molar-refractivity contribution < 1.29 is 4.79 Å². The minimum absolute atomic E-state index is 0.0245. The predicted molar refractivity (Wildman–Crippen MR) is 67.6 cm³/mol. The fourth-order valence-corrected chi connectivity index (χ4v) is 1.43. The molecule has 1 rings (SSSR count). The first-order valence-corrected chi connectivity index (χ1v) is 5.56. The van der Waals surface area contributed by atoms with Crippen LogP contribution in [0.25, 0.3) is 0 Å². The lowest BCUT2D eigenvalue weighted by atomic mass is 10.3. The van der Waals surface area contributed by atoms with Crippen LogP contribution in [-0.2, 0) is 4.79 Å². The molecule has 6 heteroatoms. The van der Waals surface area contributed by atoms with Crippen LogP contribution >= 0.6 is 0 Å². The highest BCUT2D eigenvalue weighted by Crippen LogP contribution is 2.18. The molecule has 1 aromatic rings. The topological polar surface area (TPSA) is 75.4 Å². The van der Waals surface area contributed by atoms with Crippen molar-refractivity contribution >= 4 is 17.4 Å². The molecule has 0 aromatic carbocycles. The number of nitrogen functional groups attached to an aromatic ring is 1. The molecule has 0 unspecified atom stereocenters. The number of hydrogen-bond acceptors (Lipinski definition) is 5. The maximum absolute atomic E-state index is 11.7. The van der Waals surface area contributed by atoms with Gasteiger partial charge in [-0.3, -0.25) is 4.79 Å². The van der Waals surface area contributed by atoms with Gasteiger partial charge in [0.25, 0.3) is 0 Å². The SMILES string of the molecule is CCCN(CC(=O)N(C)C)c1ncncc1N. The van der Waals surface area contributed by atoms with Crippen LogP contribution in [0.5, 0.6) is 0 Å². The third-order valence-corrected chi connectivity index (χ3v) is 2.34. The summed E-state index contributed by atoms with van der Waals surface area (Å²) in [7, 11) is 3.46. The number of nitrogens with zero attached hydrogens (tertiary/aromatic N) is 4. The molecule has 0 saturated carbocycles. The number of amides is 1. The molecule has 0 radical (unpaired) electrons. The first-order chi connectivity index (χ1) is 8.06. The summed E-state index contributed by atoms with van der Waals surface area (Å²) in [6, 6.07) is 0. The van der Waals surface area contributed by atoms with E-state index < -0.39 is 0 Å². The highest BCUT2D eigenvalue weighted by molar-refractivity contribution is 5.81. The molecule has 0 atom stereocenters. The summed E-state index contributed by atoms with van der Waals surface area (Å²) in [6.07, 6.45) is 3.91. The molecule has 1 amide bonds. The molecular formula is C11H19N5O. The summed E-state index contributed by atoms with van der Waals surface area (Å²) >= 11 is 0. The van der Waals surface area contributed by atoms with Crippen molar-refractivity contribution in [2.45, 2.75) is 13.3 Å². The van der Waals surface area contributed by atoms with Crippen LogP contribution in [-0.4, -0.2) is 48.0 Å². The van der Waals surface area contributed by atoms with Crippen molar-refractivity contribution in [2.24, 2.45) is 0 Å². The zero-order chi connectivity index (χ0) is 12.8. The van der Waals surface area contributed by atoms with Crippen LogP contribution in [0.1, 0.15) is 13.3 Å². The standard InChI is InChI=1S/C11H19N5O/c1-4-5-16(7-10(17)15(2)3)11-9(12)6-13-8-14-11/h6,8H,4-5,7,12H2,1-3H3. The molecule has 0 aliphatic carbocycles. The van der Waals surface area contributed by atoms with Crippen molar-refractivity contribution in [2.75, 3.05) is 37.8 Å². The fourth-order valence-electron chi connectivity index (χ4n) is 1.43. The summed E-state index contributed by atoms with van der Waals surface area (Å²) in [5.41, 5.74) is 6.31. The van der Waals surface area contributed by atoms with Gasteiger partial charge in [0.15, 0.2) is 5.82 Å². The lowest BCUT2D eigenvalue weighted by molar-refractivity contribution is -0.127. The van der Waals surface area contributed by atoms with E-state index in [9.17, 15) is 4.79 Å². The molecule has 0 fully saturated rings. The summed E-state index contributed by atoms with van der Waals surface area (Å²) in [5, 5.41) is 0. The van der Waals surface area contributed by atoms with Crippen molar-refractivity contribution in [3.63, 3.8) is 0 Å². The Morgan fingerprint density at radius 1 is 1.47 bits per heavy atom. The highest BCUT2D eigenvalue weighted by Gasteiger charge is 2.15. The van der Waals surface area contributed by atoms with Crippen LogP contribution in [0.3, 0.4) is 0 Å². The zero-order valence-corrected chi connectivity index (χ0v) is 10.6. The Morgan fingerprint density at radius 3 is 2.71 bits per heavy atom. The third-order valence-electron chi connectivity index (χ3n) is 2.34. The van der Waals surface area contributed by atoms with Crippen molar-refractivity contribution in [1.29, 1.82) is 0 Å². The monoisotopic (exact) mass is 237 g/mol. The number of aromatic nitrogens is 2. The Labute approximate surface area is 101 Å². The maximum Gasteiger partial charge on any atom is 0.241 e. The average molecular weight is 237 g/mol. The maximum atomic E-state index is 11.7. The fraction of sp³-hybridized carbons (Fsp3) is 0.545. The molecule has 6 nitrogen and oxygen atoms in total. The van der Waals surface area contributed by atoms with Gasteiger partial charge in [0.1, 0.15) is 6.33 Å². The van der Waals surface area contributed by atoms with E-state index in [0.717, 1.165) is 13.0 Å². The summed E-state index contributed by atoms with van der Waals surface area (Å²) in [5.74, 6) is 0.647. The van der Waals surface area contributed by atoms with Gasteiger partial charge in [-0.05, 0) is 6.42 Å². The lowest BCUT2D eigenvalue weighted by Gasteiger charge is -2.24. The van der Waals surface area contributed by atoms with E-state index in [1.54, 1.807) is 25.2 Å². The first-order valence-electron chi connectivity index (χ1n) is 5.56. The van der Waals surface area contributed by atoms with E-state index in [-0.39, 0.29) is 12.5 Å². The molecule has 0 spiro atoms. The van der Waals surface area contributed by atoms with Gasteiger partial charge < -0.3 is 15.5 Å². The van der Waals surface area contributed by atoms with Crippen LogP contribution in [0.4, 0.5) is 11.5 Å². The van der Waals surface area contributed by atoms with Gasteiger partial charge >= 0.3 is 0 Å². The lowest BCUT2D eigenvalue weighted by Crippen LogP contribution is -2.37. The second-order valence-corrected chi connectivity index (χ2v) is 4.01. The number of anilines is 2. The van der Waals surface area contributed by atoms with Crippen LogP contribution in [0.15, 0.2) is 12.5 Å². The number of hydrogen-bond donors (Lipinski definition) is 1. The molecule has 17 heavy (non-hydrogen) atoms. The van der Waals surface area contributed by atoms with E-state index in [2.05, 4.69) is 9.97 Å². The molecule has 2 N–H and O–H groups in total. The average Bonchev–Trinajstić information content (AvgIpc) is 2.29. The first kappa shape index (κ1) is 13.2.